The Hall–Kier alpha value is -2.75. The number of sulfonamides is 1. The van der Waals surface area contributed by atoms with Crippen molar-refractivity contribution in [2.75, 3.05) is 26.0 Å². The second-order valence-corrected chi connectivity index (χ2v) is 6.61. The number of nitrogens with one attached hydrogen (secondary N) is 1. The van der Waals surface area contributed by atoms with Crippen LogP contribution in [0.15, 0.2) is 34.1 Å². The van der Waals surface area contributed by atoms with Crippen LogP contribution in [0.5, 0.6) is 0 Å². The Morgan fingerprint density at radius 2 is 2.08 bits per heavy atom. The van der Waals surface area contributed by atoms with Gasteiger partial charge in [0, 0.05) is 32.3 Å². The van der Waals surface area contributed by atoms with Crippen LogP contribution < -0.4 is 5.32 Å². The molecule has 1 rings (SSSR count). The SMILES string of the molecule is C=CCNc1c([N+](=O)[O-])cc(C(C)=O)cc1S(=O)(=O)/N=C/N(C)C. The van der Waals surface area contributed by atoms with E-state index in [4.69, 9.17) is 0 Å². The molecule has 0 unspecified atom stereocenters. The number of hydrogen-bond acceptors (Lipinski definition) is 6. The summed E-state index contributed by atoms with van der Waals surface area (Å²) in [6.45, 7) is 4.76. The van der Waals surface area contributed by atoms with Gasteiger partial charge in [0.25, 0.3) is 15.7 Å². The first-order valence-corrected chi connectivity index (χ1v) is 8.19. The molecule has 1 N–H and O–H groups in total. The Morgan fingerprint density at radius 1 is 1.46 bits per heavy atom. The minimum atomic E-state index is -4.25. The molecule has 0 bridgehead atoms. The van der Waals surface area contributed by atoms with Crippen molar-refractivity contribution in [2.24, 2.45) is 4.40 Å². The van der Waals surface area contributed by atoms with Gasteiger partial charge in [0.15, 0.2) is 5.78 Å². The van der Waals surface area contributed by atoms with Gasteiger partial charge in [-0.15, -0.1) is 11.0 Å². The summed E-state index contributed by atoms with van der Waals surface area (Å²) in [6.07, 6.45) is 2.47. The maximum absolute atomic E-state index is 12.4. The summed E-state index contributed by atoms with van der Waals surface area (Å²) >= 11 is 0. The van der Waals surface area contributed by atoms with Crippen LogP contribution in [0, 0.1) is 10.1 Å². The first kappa shape index (κ1) is 19.3. The zero-order valence-corrected chi connectivity index (χ0v) is 14.3. The van der Waals surface area contributed by atoms with Crippen LogP contribution in [0.25, 0.3) is 0 Å². The van der Waals surface area contributed by atoms with Gasteiger partial charge < -0.3 is 10.2 Å². The molecule has 10 heteroatoms. The summed E-state index contributed by atoms with van der Waals surface area (Å²) in [6, 6.07) is 2.10. The van der Waals surface area contributed by atoms with E-state index in [0.29, 0.717) is 0 Å². The Bertz CT molecular complexity index is 800. The van der Waals surface area contributed by atoms with Crippen LogP contribution >= 0.6 is 0 Å². The molecule has 0 aliphatic carbocycles. The number of carbonyl (C=O) groups excluding carboxylic acids is 1. The average molecular weight is 354 g/mol. The molecule has 9 nitrogen and oxygen atoms in total. The number of nitrogens with zero attached hydrogens (tertiary/aromatic N) is 3. The van der Waals surface area contributed by atoms with Crippen molar-refractivity contribution in [3.63, 3.8) is 0 Å². The monoisotopic (exact) mass is 354 g/mol. The second-order valence-electron chi connectivity index (χ2n) is 5.01. The number of rotatable bonds is 8. The Labute approximate surface area is 139 Å². The summed E-state index contributed by atoms with van der Waals surface area (Å²) < 4.78 is 28.4. The van der Waals surface area contributed by atoms with Crippen molar-refractivity contribution in [2.45, 2.75) is 11.8 Å². The zero-order chi connectivity index (χ0) is 18.5. The Kier molecular flexibility index (Phi) is 6.18. The fourth-order valence-corrected chi connectivity index (χ4v) is 2.85. The van der Waals surface area contributed by atoms with Crippen molar-refractivity contribution < 1.29 is 18.1 Å². The quantitative estimate of drug-likeness (QED) is 0.188. The standard InChI is InChI=1S/C14H18N4O5S/c1-5-6-15-14-12(18(20)21)7-11(10(2)19)8-13(14)24(22,23)16-9-17(3)4/h5,7-9,15H,1,6H2,2-4H3/b16-9+. The zero-order valence-electron chi connectivity index (χ0n) is 13.5. The Balaban J connectivity index is 3.73. The number of nitro groups is 1. The van der Waals surface area contributed by atoms with Crippen LogP contribution in [-0.2, 0) is 10.0 Å². The first-order chi connectivity index (χ1) is 11.1. The molecule has 0 spiro atoms. The van der Waals surface area contributed by atoms with E-state index in [9.17, 15) is 23.3 Å². The summed E-state index contributed by atoms with van der Waals surface area (Å²) in [5.74, 6) is -0.499. The van der Waals surface area contributed by atoms with E-state index in [1.807, 2.05) is 0 Å². The number of ketones is 1. The van der Waals surface area contributed by atoms with Gasteiger partial charge in [-0.1, -0.05) is 6.08 Å². The molecular weight excluding hydrogens is 336 g/mol. The molecule has 0 saturated heterocycles. The smallest absolute Gasteiger partial charge is 0.294 e. The summed E-state index contributed by atoms with van der Waals surface area (Å²) in [5.41, 5.74) is -0.853. The third kappa shape index (κ3) is 4.62. The molecule has 130 valence electrons. The molecule has 0 atom stereocenters. The first-order valence-electron chi connectivity index (χ1n) is 6.75. The predicted octanol–water partition coefficient (Wildman–Crippen LogP) is 1.67. The lowest BCUT2D eigenvalue weighted by atomic mass is 10.1. The molecule has 1 aromatic rings. The largest absolute Gasteiger partial charge is 0.375 e. The summed E-state index contributed by atoms with van der Waals surface area (Å²) in [4.78, 5) is 23.1. The molecule has 0 amide bonds. The van der Waals surface area contributed by atoms with E-state index < -0.39 is 31.3 Å². The van der Waals surface area contributed by atoms with Gasteiger partial charge in [-0.25, -0.2) is 0 Å². The number of anilines is 1. The highest BCUT2D eigenvalue weighted by Crippen LogP contribution is 2.34. The molecule has 1 aromatic carbocycles. The minimum Gasteiger partial charge on any atom is -0.375 e. The van der Waals surface area contributed by atoms with Crippen LogP contribution in [0.3, 0.4) is 0 Å². The van der Waals surface area contributed by atoms with Gasteiger partial charge in [-0.2, -0.15) is 8.42 Å². The maximum atomic E-state index is 12.4. The van der Waals surface area contributed by atoms with Crippen molar-refractivity contribution in [3.05, 3.63) is 40.5 Å². The molecule has 0 aromatic heterocycles. The van der Waals surface area contributed by atoms with E-state index in [0.717, 1.165) is 18.5 Å². The van der Waals surface area contributed by atoms with Crippen LogP contribution in [0.1, 0.15) is 17.3 Å². The van der Waals surface area contributed by atoms with Crippen LogP contribution in [0.2, 0.25) is 0 Å². The fraction of sp³-hybridized carbons (Fsp3) is 0.286. The molecule has 0 fully saturated rings. The topological polar surface area (TPSA) is 122 Å². The minimum absolute atomic E-state index is 0.0931. The van der Waals surface area contributed by atoms with E-state index in [-0.39, 0.29) is 17.8 Å². The molecule has 24 heavy (non-hydrogen) atoms. The molecule has 0 aliphatic rings. The number of hydrogen-bond donors (Lipinski definition) is 1. The van der Waals surface area contributed by atoms with E-state index in [2.05, 4.69) is 16.3 Å². The normalized spacial score (nSPS) is 11.3. The lowest BCUT2D eigenvalue weighted by Crippen LogP contribution is -2.13. The lowest BCUT2D eigenvalue weighted by Gasteiger charge is -2.12. The van der Waals surface area contributed by atoms with Crippen molar-refractivity contribution in [1.29, 1.82) is 0 Å². The van der Waals surface area contributed by atoms with Gasteiger partial charge in [0.1, 0.15) is 16.9 Å². The molecular formula is C14H18N4O5S. The lowest BCUT2D eigenvalue weighted by molar-refractivity contribution is -0.384. The summed E-state index contributed by atoms with van der Waals surface area (Å²) in [5, 5.41) is 13.9. The fourth-order valence-electron chi connectivity index (χ4n) is 1.72. The van der Waals surface area contributed by atoms with Gasteiger partial charge in [-0.05, 0) is 13.0 Å². The molecule has 0 radical (unpaired) electrons. The van der Waals surface area contributed by atoms with E-state index in [1.165, 1.54) is 17.9 Å². The van der Waals surface area contributed by atoms with Gasteiger partial charge >= 0.3 is 0 Å². The van der Waals surface area contributed by atoms with E-state index >= 15 is 0 Å². The summed E-state index contributed by atoms with van der Waals surface area (Å²) in [7, 11) is -1.11. The molecule has 0 heterocycles. The third-order valence-electron chi connectivity index (χ3n) is 2.80. The van der Waals surface area contributed by atoms with Gasteiger partial charge in [0.2, 0.25) is 0 Å². The average Bonchev–Trinajstić information content (AvgIpc) is 2.49. The number of benzene rings is 1. The van der Waals surface area contributed by atoms with E-state index in [1.54, 1.807) is 14.1 Å². The van der Waals surface area contributed by atoms with Crippen LogP contribution in [-0.4, -0.2) is 51.0 Å². The van der Waals surface area contributed by atoms with Crippen molar-refractivity contribution in [3.8, 4) is 0 Å². The number of Topliss-reactive ketones (excluding diaryl/α,β-unsaturated/α-hetero) is 1. The third-order valence-corrected chi connectivity index (χ3v) is 4.05. The number of nitro benzene ring substituents is 1. The Morgan fingerprint density at radius 3 is 2.54 bits per heavy atom. The maximum Gasteiger partial charge on any atom is 0.294 e. The van der Waals surface area contributed by atoms with Gasteiger partial charge in [-0.3, -0.25) is 14.9 Å². The molecule has 0 aliphatic heterocycles. The highest BCUT2D eigenvalue weighted by atomic mass is 32.2. The van der Waals surface area contributed by atoms with Crippen molar-refractivity contribution >= 4 is 33.5 Å². The molecule has 0 saturated carbocycles. The highest BCUT2D eigenvalue weighted by molar-refractivity contribution is 7.90. The highest BCUT2D eigenvalue weighted by Gasteiger charge is 2.27. The van der Waals surface area contributed by atoms with Crippen molar-refractivity contribution in [1.82, 2.24) is 4.90 Å². The number of carbonyl (C=O) groups is 1. The second kappa shape index (κ2) is 7.68. The predicted molar refractivity (Wildman–Crippen MR) is 91.2 cm³/mol. The van der Waals surface area contributed by atoms with Crippen LogP contribution in [0.4, 0.5) is 11.4 Å². The van der Waals surface area contributed by atoms with Gasteiger partial charge in [0.05, 0.1) is 4.92 Å².